The summed E-state index contributed by atoms with van der Waals surface area (Å²) in [6, 6.07) is 11.5. The highest BCUT2D eigenvalue weighted by atomic mass is 16.5. The van der Waals surface area contributed by atoms with E-state index < -0.39 is 5.63 Å². The summed E-state index contributed by atoms with van der Waals surface area (Å²) >= 11 is 0. The predicted octanol–water partition coefficient (Wildman–Crippen LogP) is 3.71. The Kier molecular flexibility index (Phi) is 4.49. The maximum Gasteiger partial charge on any atom is 0.347 e. The van der Waals surface area contributed by atoms with Crippen LogP contribution < -0.4 is 10.4 Å². The average Bonchev–Trinajstić information content (AvgIpc) is 3.21. The maximum atomic E-state index is 12.4. The van der Waals surface area contributed by atoms with Crippen LogP contribution in [0.3, 0.4) is 0 Å². The van der Waals surface area contributed by atoms with Crippen LogP contribution in [0.2, 0.25) is 0 Å². The molecule has 0 saturated heterocycles. The Morgan fingerprint density at radius 3 is 2.71 bits per heavy atom. The number of aromatic nitrogens is 2. The van der Waals surface area contributed by atoms with Crippen molar-refractivity contribution in [2.45, 2.75) is 13.0 Å². The molecule has 0 spiro atoms. The van der Waals surface area contributed by atoms with Gasteiger partial charge < -0.3 is 23.9 Å². The second kappa shape index (κ2) is 7.11. The molecule has 0 amide bonds. The molecule has 0 fully saturated rings. The Morgan fingerprint density at radius 1 is 1.21 bits per heavy atom. The topological polar surface area (TPSA) is 97.7 Å². The number of benzene rings is 2. The first kappa shape index (κ1) is 17.7. The molecule has 4 aromatic rings. The van der Waals surface area contributed by atoms with E-state index in [0.29, 0.717) is 17.9 Å². The summed E-state index contributed by atoms with van der Waals surface area (Å²) in [5.74, 6) is -0.235. The Balaban J connectivity index is 1.71. The minimum absolute atomic E-state index is 0.00537. The minimum Gasteiger partial charge on any atom is -0.507 e. The number of nitrogens with zero attached hydrogens (tertiary/aromatic N) is 2. The van der Waals surface area contributed by atoms with Crippen LogP contribution in [0.4, 0.5) is 0 Å². The molecular formula is C21H18N2O5. The van der Waals surface area contributed by atoms with Gasteiger partial charge in [-0.2, -0.15) is 0 Å². The SMILES string of the molecule is CC(COc1cc(O)c2c(O)c(-c3ccccc3)c(=O)oc2c1)n1ccnc1. The Morgan fingerprint density at radius 2 is 2.00 bits per heavy atom. The standard InChI is InChI=1S/C21H18N2O5/c1-13(23-8-7-22-12-23)11-27-15-9-16(24)19-17(10-15)28-21(26)18(20(19)25)14-5-3-2-4-6-14/h2-10,12-13,24-25H,11H2,1H3. The molecule has 1 atom stereocenters. The number of phenols is 1. The summed E-state index contributed by atoms with van der Waals surface area (Å²) < 4.78 is 13.0. The number of hydrogen-bond acceptors (Lipinski definition) is 6. The Labute approximate surface area is 160 Å². The summed E-state index contributed by atoms with van der Waals surface area (Å²) in [7, 11) is 0. The zero-order valence-electron chi connectivity index (χ0n) is 15.1. The zero-order chi connectivity index (χ0) is 19.7. The van der Waals surface area contributed by atoms with Crippen LogP contribution in [-0.2, 0) is 0 Å². The number of ether oxygens (including phenoxy) is 1. The van der Waals surface area contributed by atoms with Crippen LogP contribution in [0.15, 0.2) is 70.4 Å². The maximum absolute atomic E-state index is 12.4. The summed E-state index contributed by atoms with van der Waals surface area (Å²) in [6.45, 7) is 2.28. The van der Waals surface area contributed by atoms with E-state index in [1.54, 1.807) is 42.9 Å². The molecule has 2 N–H and O–H groups in total. The number of imidazole rings is 1. The first-order valence-corrected chi connectivity index (χ1v) is 8.73. The van der Waals surface area contributed by atoms with Gasteiger partial charge in [-0.05, 0) is 12.5 Å². The first-order valence-electron chi connectivity index (χ1n) is 8.73. The monoisotopic (exact) mass is 378 g/mol. The van der Waals surface area contributed by atoms with Gasteiger partial charge in [0.2, 0.25) is 0 Å². The highest BCUT2D eigenvalue weighted by molar-refractivity contribution is 5.95. The minimum atomic E-state index is -0.695. The van der Waals surface area contributed by atoms with Gasteiger partial charge in [0.15, 0.2) is 0 Å². The second-order valence-corrected chi connectivity index (χ2v) is 6.46. The largest absolute Gasteiger partial charge is 0.507 e. The van der Waals surface area contributed by atoms with Gasteiger partial charge in [0, 0.05) is 24.5 Å². The van der Waals surface area contributed by atoms with E-state index in [1.807, 2.05) is 17.7 Å². The molecular weight excluding hydrogens is 360 g/mol. The number of fused-ring (bicyclic) bond motifs is 1. The van der Waals surface area contributed by atoms with E-state index in [0.717, 1.165) is 0 Å². The normalized spacial score (nSPS) is 12.2. The van der Waals surface area contributed by atoms with E-state index in [1.165, 1.54) is 12.1 Å². The smallest absolute Gasteiger partial charge is 0.347 e. The molecule has 0 bridgehead atoms. The van der Waals surface area contributed by atoms with Crippen molar-refractivity contribution in [3.63, 3.8) is 0 Å². The highest BCUT2D eigenvalue weighted by Crippen LogP contribution is 2.40. The van der Waals surface area contributed by atoms with E-state index in [2.05, 4.69) is 4.98 Å². The lowest BCUT2D eigenvalue weighted by atomic mass is 10.0. The van der Waals surface area contributed by atoms with Gasteiger partial charge in [-0.25, -0.2) is 9.78 Å². The van der Waals surface area contributed by atoms with Crippen molar-refractivity contribution in [3.05, 3.63) is 71.6 Å². The van der Waals surface area contributed by atoms with Crippen molar-refractivity contribution in [2.75, 3.05) is 6.61 Å². The van der Waals surface area contributed by atoms with Gasteiger partial charge in [0.25, 0.3) is 0 Å². The lowest BCUT2D eigenvalue weighted by molar-refractivity contribution is 0.259. The third kappa shape index (κ3) is 3.18. The molecule has 0 saturated carbocycles. The molecule has 2 heterocycles. The van der Waals surface area contributed by atoms with Crippen molar-refractivity contribution in [2.24, 2.45) is 0 Å². The van der Waals surface area contributed by atoms with Crippen molar-refractivity contribution in [1.82, 2.24) is 9.55 Å². The van der Waals surface area contributed by atoms with Crippen LogP contribution in [0.25, 0.3) is 22.1 Å². The van der Waals surface area contributed by atoms with Gasteiger partial charge in [-0.15, -0.1) is 0 Å². The number of hydrogen-bond donors (Lipinski definition) is 2. The van der Waals surface area contributed by atoms with E-state index >= 15 is 0 Å². The van der Waals surface area contributed by atoms with Gasteiger partial charge >= 0.3 is 5.63 Å². The van der Waals surface area contributed by atoms with Crippen LogP contribution in [0.5, 0.6) is 17.2 Å². The summed E-state index contributed by atoms with van der Waals surface area (Å²) in [6.07, 6.45) is 5.20. The molecule has 4 rings (SSSR count). The number of rotatable bonds is 5. The van der Waals surface area contributed by atoms with Gasteiger partial charge in [0.05, 0.1) is 12.4 Å². The Bertz CT molecular complexity index is 1170. The van der Waals surface area contributed by atoms with Gasteiger partial charge in [-0.3, -0.25) is 0 Å². The van der Waals surface area contributed by atoms with E-state index in [4.69, 9.17) is 9.15 Å². The number of aromatic hydroxyl groups is 2. The number of phenolic OH excluding ortho intramolecular Hbond substituents is 1. The van der Waals surface area contributed by atoms with Crippen LogP contribution in [0.1, 0.15) is 13.0 Å². The van der Waals surface area contributed by atoms with Crippen LogP contribution >= 0.6 is 0 Å². The molecule has 28 heavy (non-hydrogen) atoms. The van der Waals surface area contributed by atoms with Crippen molar-refractivity contribution < 1.29 is 19.4 Å². The molecule has 2 aromatic heterocycles. The lowest BCUT2D eigenvalue weighted by Gasteiger charge is -2.15. The molecule has 0 radical (unpaired) electrons. The third-order valence-electron chi connectivity index (χ3n) is 4.52. The van der Waals surface area contributed by atoms with E-state index in [9.17, 15) is 15.0 Å². The zero-order valence-corrected chi connectivity index (χ0v) is 15.1. The summed E-state index contributed by atoms with van der Waals surface area (Å²) in [5, 5.41) is 21.1. The van der Waals surface area contributed by atoms with Crippen LogP contribution in [0, 0.1) is 0 Å². The fourth-order valence-corrected chi connectivity index (χ4v) is 3.04. The van der Waals surface area contributed by atoms with Gasteiger partial charge in [0.1, 0.15) is 40.4 Å². The van der Waals surface area contributed by atoms with Crippen molar-refractivity contribution >= 4 is 11.0 Å². The van der Waals surface area contributed by atoms with Crippen LogP contribution in [-0.4, -0.2) is 26.4 Å². The molecule has 0 aliphatic carbocycles. The summed E-state index contributed by atoms with van der Waals surface area (Å²) in [5.41, 5.74) is -0.137. The Hall–Kier alpha value is -3.74. The molecule has 142 valence electrons. The predicted molar refractivity (Wildman–Crippen MR) is 104 cm³/mol. The highest BCUT2D eigenvalue weighted by Gasteiger charge is 2.19. The molecule has 7 nitrogen and oxygen atoms in total. The molecule has 0 aliphatic heterocycles. The van der Waals surface area contributed by atoms with E-state index in [-0.39, 0.29) is 34.1 Å². The fraction of sp³-hybridized carbons (Fsp3) is 0.143. The molecule has 1 unspecified atom stereocenters. The van der Waals surface area contributed by atoms with Gasteiger partial charge in [-0.1, -0.05) is 30.3 Å². The molecule has 0 aliphatic rings. The molecule has 7 heteroatoms. The molecule has 2 aromatic carbocycles. The second-order valence-electron chi connectivity index (χ2n) is 6.46. The quantitative estimate of drug-likeness (QED) is 0.514. The lowest BCUT2D eigenvalue weighted by Crippen LogP contribution is -2.12. The first-order chi connectivity index (χ1) is 13.5. The average molecular weight is 378 g/mol. The third-order valence-corrected chi connectivity index (χ3v) is 4.52. The van der Waals surface area contributed by atoms with Crippen molar-refractivity contribution in [1.29, 1.82) is 0 Å². The van der Waals surface area contributed by atoms with Crippen molar-refractivity contribution in [3.8, 4) is 28.4 Å². The summed E-state index contributed by atoms with van der Waals surface area (Å²) in [4.78, 5) is 16.4. The fourth-order valence-electron chi connectivity index (χ4n) is 3.04.